The standard InChI is InChI=1S/C12H15BrO3/c1-15-7-3-4-11(14)9-5-6-12(16-2)10(13)8-9/h5-6,8H,3-4,7H2,1-2H3. The van der Waals surface area contributed by atoms with Crippen LogP contribution >= 0.6 is 15.9 Å². The first-order valence-corrected chi connectivity index (χ1v) is 5.84. The normalized spacial score (nSPS) is 10.2. The van der Waals surface area contributed by atoms with Crippen LogP contribution in [0.25, 0.3) is 0 Å². The summed E-state index contributed by atoms with van der Waals surface area (Å²) in [7, 11) is 3.23. The summed E-state index contributed by atoms with van der Waals surface area (Å²) in [6.45, 7) is 0.614. The van der Waals surface area contributed by atoms with Crippen molar-refractivity contribution in [1.29, 1.82) is 0 Å². The molecule has 0 saturated carbocycles. The summed E-state index contributed by atoms with van der Waals surface area (Å²) in [4.78, 5) is 11.8. The van der Waals surface area contributed by atoms with E-state index in [1.165, 1.54) is 0 Å². The predicted octanol–water partition coefficient (Wildman–Crippen LogP) is 3.07. The van der Waals surface area contributed by atoms with E-state index in [4.69, 9.17) is 9.47 Å². The molecule has 16 heavy (non-hydrogen) atoms. The Morgan fingerprint density at radius 3 is 2.69 bits per heavy atom. The van der Waals surface area contributed by atoms with Crippen LogP contribution in [0.15, 0.2) is 22.7 Å². The van der Waals surface area contributed by atoms with Gasteiger partial charge in [-0.3, -0.25) is 4.79 Å². The molecule has 1 aromatic carbocycles. The van der Waals surface area contributed by atoms with E-state index in [2.05, 4.69) is 15.9 Å². The minimum absolute atomic E-state index is 0.125. The molecular weight excluding hydrogens is 272 g/mol. The zero-order valence-corrected chi connectivity index (χ0v) is 11.0. The third-order valence-electron chi connectivity index (χ3n) is 2.23. The van der Waals surface area contributed by atoms with Crippen molar-refractivity contribution in [1.82, 2.24) is 0 Å². The molecule has 0 N–H and O–H groups in total. The van der Waals surface area contributed by atoms with Gasteiger partial charge >= 0.3 is 0 Å². The Balaban J connectivity index is 2.66. The van der Waals surface area contributed by atoms with Crippen LogP contribution in [0, 0.1) is 0 Å². The van der Waals surface area contributed by atoms with E-state index in [0.717, 1.165) is 16.6 Å². The molecule has 1 rings (SSSR count). The maximum atomic E-state index is 11.8. The topological polar surface area (TPSA) is 35.5 Å². The molecule has 0 aliphatic carbocycles. The lowest BCUT2D eigenvalue weighted by atomic mass is 10.1. The summed E-state index contributed by atoms with van der Waals surface area (Å²) in [6.07, 6.45) is 1.26. The first kappa shape index (κ1) is 13.2. The SMILES string of the molecule is COCCCC(=O)c1ccc(OC)c(Br)c1. The smallest absolute Gasteiger partial charge is 0.163 e. The van der Waals surface area contributed by atoms with Crippen molar-refractivity contribution >= 4 is 21.7 Å². The molecule has 0 amide bonds. The number of carbonyl (C=O) groups is 1. The first-order chi connectivity index (χ1) is 7.69. The number of Topliss-reactive ketones (excluding diaryl/α,β-unsaturated/α-hetero) is 1. The molecule has 0 unspecified atom stereocenters. The lowest BCUT2D eigenvalue weighted by Gasteiger charge is -2.05. The molecule has 0 aliphatic rings. The van der Waals surface area contributed by atoms with Crippen molar-refractivity contribution in [3.8, 4) is 5.75 Å². The van der Waals surface area contributed by atoms with E-state index in [-0.39, 0.29) is 5.78 Å². The number of ketones is 1. The highest BCUT2D eigenvalue weighted by Crippen LogP contribution is 2.26. The number of carbonyl (C=O) groups excluding carboxylic acids is 1. The van der Waals surface area contributed by atoms with Crippen LogP contribution in [0.2, 0.25) is 0 Å². The zero-order chi connectivity index (χ0) is 12.0. The lowest BCUT2D eigenvalue weighted by Crippen LogP contribution is -2.01. The molecule has 0 aromatic heterocycles. The fourth-order valence-electron chi connectivity index (χ4n) is 1.36. The van der Waals surface area contributed by atoms with E-state index in [9.17, 15) is 4.79 Å². The highest BCUT2D eigenvalue weighted by atomic mass is 79.9. The summed E-state index contributed by atoms with van der Waals surface area (Å²) < 4.78 is 10.8. The van der Waals surface area contributed by atoms with E-state index in [1.807, 2.05) is 0 Å². The Kier molecular flexibility index (Phi) is 5.49. The van der Waals surface area contributed by atoms with Crippen molar-refractivity contribution < 1.29 is 14.3 Å². The summed E-state index contributed by atoms with van der Waals surface area (Å²) in [5.41, 5.74) is 0.698. The van der Waals surface area contributed by atoms with Crippen LogP contribution in [-0.2, 0) is 4.74 Å². The third kappa shape index (κ3) is 3.61. The molecule has 4 heteroatoms. The Labute approximate surface area is 104 Å². The number of methoxy groups -OCH3 is 2. The van der Waals surface area contributed by atoms with Gasteiger partial charge in [-0.1, -0.05) is 0 Å². The maximum Gasteiger partial charge on any atom is 0.163 e. The second-order valence-electron chi connectivity index (χ2n) is 3.37. The summed E-state index contributed by atoms with van der Waals surface area (Å²) >= 11 is 3.36. The third-order valence-corrected chi connectivity index (χ3v) is 2.85. The van der Waals surface area contributed by atoms with Crippen molar-refractivity contribution in [2.75, 3.05) is 20.8 Å². The van der Waals surface area contributed by atoms with Crippen LogP contribution in [-0.4, -0.2) is 26.6 Å². The average Bonchev–Trinajstić information content (AvgIpc) is 2.29. The molecular formula is C12H15BrO3. The second kappa shape index (κ2) is 6.66. The molecule has 0 aliphatic heterocycles. The minimum atomic E-state index is 0.125. The number of rotatable bonds is 6. The predicted molar refractivity (Wildman–Crippen MR) is 66.1 cm³/mol. The van der Waals surface area contributed by atoms with Crippen LogP contribution in [0.4, 0.5) is 0 Å². The van der Waals surface area contributed by atoms with E-state index in [1.54, 1.807) is 32.4 Å². The molecule has 0 spiro atoms. The number of halogens is 1. The fraction of sp³-hybridized carbons (Fsp3) is 0.417. The van der Waals surface area contributed by atoms with Crippen molar-refractivity contribution in [3.63, 3.8) is 0 Å². The molecule has 3 nitrogen and oxygen atoms in total. The van der Waals surface area contributed by atoms with Crippen molar-refractivity contribution in [2.24, 2.45) is 0 Å². The second-order valence-corrected chi connectivity index (χ2v) is 4.22. The quantitative estimate of drug-likeness (QED) is 0.596. The Morgan fingerprint density at radius 2 is 2.12 bits per heavy atom. The van der Waals surface area contributed by atoms with Gasteiger partial charge in [0.1, 0.15) is 5.75 Å². The molecule has 0 atom stereocenters. The molecule has 0 radical (unpaired) electrons. The largest absolute Gasteiger partial charge is 0.496 e. The van der Waals surface area contributed by atoms with Gasteiger partial charge in [0.2, 0.25) is 0 Å². The van der Waals surface area contributed by atoms with Gasteiger partial charge < -0.3 is 9.47 Å². The van der Waals surface area contributed by atoms with Crippen LogP contribution in [0.1, 0.15) is 23.2 Å². The van der Waals surface area contributed by atoms with Gasteiger partial charge in [-0.25, -0.2) is 0 Å². The Morgan fingerprint density at radius 1 is 1.38 bits per heavy atom. The molecule has 0 heterocycles. The van der Waals surface area contributed by atoms with Gasteiger partial charge in [0.15, 0.2) is 5.78 Å². The Bertz CT molecular complexity index is 363. The molecule has 88 valence electrons. The number of hydrogen-bond acceptors (Lipinski definition) is 3. The molecule has 1 aromatic rings. The zero-order valence-electron chi connectivity index (χ0n) is 9.46. The minimum Gasteiger partial charge on any atom is -0.496 e. The van der Waals surface area contributed by atoms with Crippen molar-refractivity contribution in [2.45, 2.75) is 12.8 Å². The summed E-state index contributed by atoms with van der Waals surface area (Å²) in [6, 6.07) is 5.35. The number of benzene rings is 1. The summed E-state index contributed by atoms with van der Waals surface area (Å²) in [5, 5.41) is 0. The van der Waals surface area contributed by atoms with Crippen LogP contribution < -0.4 is 4.74 Å². The molecule has 0 fully saturated rings. The van der Waals surface area contributed by atoms with E-state index < -0.39 is 0 Å². The van der Waals surface area contributed by atoms with Gasteiger partial charge in [0.05, 0.1) is 11.6 Å². The maximum absolute atomic E-state index is 11.8. The molecule has 0 bridgehead atoms. The van der Waals surface area contributed by atoms with Crippen LogP contribution in [0.5, 0.6) is 5.75 Å². The van der Waals surface area contributed by atoms with Crippen molar-refractivity contribution in [3.05, 3.63) is 28.2 Å². The van der Waals surface area contributed by atoms with Crippen LogP contribution in [0.3, 0.4) is 0 Å². The fourth-order valence-corrected chi connectivity index (χ4v) is 1.90. The summed E-state index contributed by atoms with van der Waals surface area (Å²) in [5.74, 6) is 0.855. The highest BCUT2D eigenvalue weighted by molar-refractivity contribution is 9.10. The number of hydrogen-bond donors (Lipinski definition) is 0. The van der Waals surface area contributed by atoms with Gasteiger partial charge in [-0.2, -0.15) is 0 Å². The van der Waals surface area contributed by atoms with Gasteiger partial charge in [-0.05, 0) is 40.5 Å². The monoisotopic (exact) mass is 286 g/mol. The average molecular weight is 287 g/mol. The molecule has 0 saturated heterocycles. The lowest BCUT2D eigenvalue weighted by molar-refractivity contribution is 0.0963. The van der Waals surface area contributed by atoms with Gasteiger partial charge in [0, 0.05) is 25.7 Å². The first-order valence-electron chi connectivity index (χ1n) is 5.04. The van der Waals surface area contributed by atoms with Gasteiger partial charge in [0.25, 0.3) is 0 Å². The van der Waals surface area contributed by atoms with Gasteiger partial charge in [-0.15, -0.1) is 0 Å². The Hall–Kier alpha value is -0.870. The highest BCUT2D eigenvalue weighted by Gasteiger charge is 2.08. The van der Waals surface area contributed by atoms with E-state index >= 15 is 0 Å². The van der Waals surface area contributed by atoms with E-state index in [0.29, 0.717) is 18.6 Å². The number of ether oxygens (including phenoxy) is 2.